The quantitative estimate of drug-likeness (QED) is 0.523. The minimum Gasteiger partial charge on any atom is -0.396 e. The molecule has 0 fully saturated rings. The maximum Gasteiger partial charge on any atom is 0.222 e. The molecule has 0 saturated carbocycles. The third kappa shape index (κ3) is 1.93. The number of aliphatic hydroxyl groups is 1. The Labute approximate surface area is 48.5 Å². The van der Waals surface area contributed by atoms with Crippen molar-refractivity contribution >= 4 is 5.91 Å². The Balaban J connectivity index is 3.52. The number of hydrogen-bond acceptors (Lipinski definition) is 2. The first kappa shape index (κ1) is 7.43. The van der Waals surface area contributed by atoms with E-state index in [1.54, 1.807) is 0 Å². The summed E-state index contributed by atoms with van der Waals surface area (Å²) in [5.74, 6) is -0.773. The molecule has 0 aliphatic carbocycles. The molecule has 0 rings (SSSR count). The van der Waals surface area contributed by atoms with Crippen molar-refractivity contribution < 1.29 is 9.90 Å². The third-order valence-electron chi connectivity index (χ3n) is 1.12. The van der Waals surface area contributed by atoms with Gasteiger partial charge in [0.2, 0.25) is 5.91 Å². The molecule has 0 aliphatic rings. The van der Waals surface area contributed by atoms with Crippen LogP contribution in [0.4, 0.5) is 0 Å². The minimum absolute atomic E-state index is 0.133. The third-order valence-corrected chi connectivity index (χ3v) is 1.12. The van der Waals surface area contributed by atoms with Gasteiger partial charge in [0.15, 0.2) is 0 Å². The van der Waals surface area contributed by atoms with Crippen LogP contribution in [0.25, 0.3) is 0 Å². The lowest BCUT2D eigenvalue weighted by Crippen LogP contribution is -2.25. The minimum atomic E-state index is -0.421. The fourth-order valence-corrected chi connectivity index (χ4v) is 0.420. The van der Waals surface area contributed by atoms with E-state index in [4.69, 9.17) is 10.8 Å². The standard InChI is InChI=1S/C5H11NO2/c1-2-4(3-7)5(6)8/h4,7H,2-3H2,1H3,(H2,6,8). The van der Waals surface area contributed by atoms with Crippen molar-refractivity contribution in [3.05, 3.63) is 0 Å². The van der Waals surface area contributed by atoms with E-state index < -0.39 is 5.91 Å². The van der Waals surface area contributed by atoms with Gasteiger partial charge in [-0.15, -0.1) is 0 Å². The Bertz CT molecular complexity index is 78.5. The lowest BCUT2D eigenvalue weighted by molar-refractivity contribution is -0.123. The van der Waals surface area contributed by atoms with Crippen molar-refractivity contribution in [2.45, 2.75) is 13.3 Å². The molecule has 0 aromatic heterocycles. The Morgan fingerprint density at radius 1 is 1.88 bits per heavy atom. The van der Waals surface area contributed by atoms with Gasteiger partial charge in [0.1, 0.15) is 0 Å². The van der Waals surface area contributed by atoms with Crippen molar-refractivity contribution in [2.24, 2.45) is 11.7 Å². The summed E-state index contributed by atoms with van der Waals surface area (Å²) < 4.78 is 0. The number of hydrogen-bond donors (Lipinski definition) is 2. The van der Waals surface area contributed by atoms with Crippen molar-refractivity contribution in [3.63, 3.8) is 0 Å². The summed E-state index contributed by atoms with van der Waals surface area (Å²) in [6.07, 6.45) is 0.617. The highest BCUT2D eigenvalue weighted by Gasteiger charge is 2.09. The van der Waals surface area contributed by atoms with Gasteiger partial charge in [-0.1, -0.05) is 6.92 Å². The zero-order valence-electron chi connectivity index (χ0n) is 4.92. The van der Waals surface area contributed by atoms with Crippen molar-refractivity contribution in [1.82, 2.24) is 0 Å². The zero-order valence-corrected chi connectivity index (χ0v) is 4.92. The van der Waals surface area contributed by atoms with Gasteiger partial charge in [0.05, 0.1) is 12.5 Å². The molecular formula is C5H11NO2. The molecule has 0 bridgehead atoms. The van der Waals surface area contributed by atoms with Crippen LogP contribution in [0.15, 0.2) is 0 Å². The van der Waals surface area contributed by atoms with E-state index in [2.05, 4.69) is 0 Å². The van der Waals surface area contributed by atoms with E-state index in [9.17, 15) is 4.79 Å². The highest BCUT2D eigenvalue weighted by Crippen LogP contribution is 1.97. The summed E-state index contributed by atoms with van der Waals surface area (Å²) in [7, 11) is 0. The molecule has 0 aromatic rings. The van der Waals surface area contributed by atoms with Crippen LogP contribution in [0.1, 0.15) is 13.3 Å². The molecule has 3 nitrogen and oxygen atoms in total. The van der Waals surface area contributed by atoms with Gasteiger partial charge in [0.25, 0.3) is 0 Å². The highest BCUT2D eigenvalue weighted by atomic mass is 16.3. The lowest BCUT2D eigenvalue weighted by Gasteiger charge is -2.03. The maximum absolute atomic E-state index is 10.2. The summed E-state index contributed by atoms with van der Waals surface area (Å²) in [6, 6.07) is 0. The van der Waals surface area contributed by atoms with Crippen molar-refractivity contribution in [3.8, 4) is 0 Å². The smallest absolute Gasteiger partial charge is 0.222 e. The molecule has 1 amide bonds. The summed E-state index contributed by atoms with van der Waals surface area (Å²) >= 11 is 0. The molecule has 48 valence electrons. The molecule has 0 heterocycles. The first-order valence-corrected chi connectivity index (χ1v) is 2.62. The molecule has 3 heteroatoms. The van der Waals surface area contributed by atoms with Gasteiger partial charge in [-0.3, -0.25) is 4.79 Å². The Kier molecular flexibility index (Phi) is 3.19. The van der Waals surface area contributed by atoms with E-state index in [0.717, 1.165) is 0 Å². The second kappa shape index (κ2) is 3.43. The number of carbonyl (C=O) groups excluding carboxylic acids is 1. The number of carbonyl (C=O) groups is 1. The predicted octanol–water partition coefficient (Wildman–Crippen LogP) is -0.510. The monoisotopic (exact) mass is 117 g/mol. The van der Waals surface area contributed by atoms with Crippen molar-refractivity contribution in [2.75, 3.05) is 6.61 Å². The van der Waals surface area contributed by atoms with Crippen LogP contribution < -0.4 is 5.73 Å². The molecule has 0 spiro atoms. The van der Waals surface area contributed by atoms with Crippen LogP contribution >= 0.6 is 0 Å². The van der Waals surface area contributed by atoms with Crippen LogP contribution in [0.3, 0.4) is 0 Å². The van der Waals surface area contributed by atoms with E-state index in [0.29, 0.717) is 6.42 Å². The fraction of sp³-hybridized carbons (Fsp3) is 0.800. The number of rotatable bonds is 3. The molecule has 3 N–H and O–H groups in total. The Hall–Kier alpha value is -0.570. The largest absolute Gasteiger partial charge is 0.396 e. The number of nitrogens with two attached hydrogens (primary N) is 1. The summed E-state index contributed by atoms with van der Waals surface area (Å²) in [6.45, 7) is 1.68. The Morgan fingerprint density at radius 2 is 2.38 bits per heavy atom. The average Bonchev–Trinajstić information content (AvgIpc) is 1.69. The van der Waals surface area contributed by atoms with Gasteiger partial charge >= 0.3 is 0 Å². The van der Waals surface area contributed by atoms with Crippen LogP contribution in [-0.4, -0.2) is 17.6 Å². The molecule has 1 atom stereocenters. The number of aliphatic hydroxyl groups excluding tert-OH is 1. The van der Waals surface area contributed by atoms with Crippen LogP contribution in [0.2, 0.25) is 0 Å². The van der Waals surface area contributed by atoms with E-state index >= 15 is 0 Å². The van der Waals surface area contributed by atoms with Gasteiger partial charge in [-0.05, 0) is 6.42 Å². The van der Waals surface area contributed by atoms with Crippen LogP contribution in [0.5, 0.6) is 0 Å². The summed E-state index contributed by atoms with van der Waals surface area (Å²) in [4.78, 5) is 10.2. The molecular weight excluding hydrogens is 106 g/mol. The highest BCUT2D eigenvalue weighted by molar-refractivity contribution is 5.76. The molecule has 1 unspecified atom stereocenters. The SMILES string of the molecule is CCC(CO)C(N)=O. The first-order valence-electron chi connectivity index (χ1n) is 2.62. The average molecular weight is 117 g/mol. The summed E-state index contributed by atoms with van der Waals surface area (Å²) in [5.41, 5.74) is 4.86. The zero-order chi connectivity index (χ0) is 6.57. The summed E-state index contributed by atoms with van der Waals surface area (Å²) in [5, 5.41) is 8.40. The number of amides is 1. The molecule has 0 aliphatic heterocycles. The second-order valence-corrected chi connectivity index (χ2v) is 1.69. The van der Waals surface area contributed by atoms with E-state index in [1.807, 2.05) is 6.92 Å². The molecule has 8 heavy (non-hydrogen) atoms. The normalized spacial score (nSPS) is 13.2. The number of primary amides is 1. The fourth-order valence-electron chi connectivity index (χ4n) is 0.420. The van der Waals surface area contributed by atoms with E-state index in [-0.39, 0.29) is 12.5 Å². The van der Waals surface area contributed by atoms with Crippen molar-refractivity contribution in [1.29, 1.82) is 0 Å². The molecule has 0 aromatic carbocycles. The van der Waals surface area contributed by atoms with Crippen LogP contribution in [0, 0.1) is 5.92 Å². The van der Waals surface area contributed by atoms with E-state index in [1.165, 1.54) is 0 Å². The molecule has 0 saturated heterocycles. The Morgan fingerprint density at radius 3 is 2.38 bits per heavy atom. The lowest BCUT2D eigenvalue weighted by atomic mass is 10.1. The maximum atomic E-state index is 10.2. The van der Waals surface area contributed by atoms with Gasteiger partial charge < -0.3 is 10.8 Å². The van der Waals surface area contributed by atoms with Gasteiger partial charge in [-0.2, -0.15) is 0 Å². The topological polar surface area (TPSA) is 63.3 Å². The molecule has 0 radical (unpaired) electrons. The predicted molar refractivity (Wildman–Crippen MR) is 30.1 cm³/mol. The van der Waals surface area contributed by atoms with Gasteiger partial charge in [-0.25, -0.2) is 0 Å². The first-order chi connectivity index (χ1) is 3.72. The van der Waals surface area contributed by atoms with Crippen LogP contribution in [-0.2, 0) is 4.79 Å². The second-order valence-electron chi connectivity index (χ2n) is 1.69. The van der Waals surface area contributed by atoms with Gasteiger partial charge in [0, 0.05) is 0 Å².